The van der Waals surface area contributed by atoms with Gasteiger partial charge in [-0.2, -0.15) is 0 Å². The predicted molar refractivity (Wildman–Crippen MR) is 72.1 cm³/mol. The summed E-state index contributed by atoms with van der Waals surface area (Å²) in [7, 11) is 0. The molecular weight excluding hydrogens is 228 g/mol. The van der Waals surface area contributed by atoms with Gasteiger partial charge in [0.05, 0.1) is 12.6 Å². The molecule has 0 saturated heterocycles. The average Bonchev–Trinajstić information content (AvgIpc) is 2.67. The Morgan fingerprint density at radius 3 is 3.11 bits per heavy atom. The van der Waals surface area contributed by atoms with Crippen molar-refractivity contribution in [2.45, 2.75) is 32.4 Å². The number of anilines is 1. The van der Waals surface area contributed by atoms with Gasteiger partial charge in [-0.05, 0) is 44.0 Å². The minimum absolute atomic E-state index is 0.0676. The van der Waals surface area contributed by atoms with Crippen LogP contribution in [0.15, 0.2) is 18.2 Å². The molecule has 0 aromatic heterocycles. The van der Waals surface area contributed by atoms with E-state index in [1.165, 1.54) is 5.56 Å². The Morgan fingerprint density at radius 2 is 2.39 bits per heavy atom. The molecule has 0 amide bonds. The Kier molecular flexibility index (Phi) is 3.99. The zero-order chi connectivity index (χ0) is 13.1. The van der Waals surface area contributed by atoms with Gasteiger partial charge in [-0.15, -0.1) is 0 Å². The van der Waals surface area contributed by atoms with Crippen molar-refractivity contribution < 1.29 is 9.90 Å². The maximum atomic E-state index is 11.9. The van der Waals surface area contributed by atoms with Gasteiger partial charge < -0.3 is 15.7 Å². The Bertz CT molecular complexity index is 443. The van der Waals surface area contributed by atoms with Gasteiger partial charge in [0.25, 0.3) is 0 Å². The standard InChI is InChI=1S/C14H20N2O2/c1-9-5-12-6-11(3-4-13(12)16-9)14(18)8-15-7-10(2)17/h3-4,6,9-10,15-17H,5,7-8H2,1-2H3. The lowest BCUT2D eigenvalue weighted by Gasteiger charge is -2.07. The number of aliphatic hydroxyl groups excluding tert-OH is 1. The molecule has 98 valence electrons. The molecule has 1 aromatic carbocycles. The van der Waals surface area contributed by atoms with E-state index < -0.39 is 6.10 Å². The first-order valence-electron chi connectivity index (χ1n) is 6.37. The number of fused-ring (bicyclic) bond motifs is 1. The fourth-order valence-electron chi connectivity index (χ4n) is 2.22. The monoisotopic (exact) mass is 248 g/mol. The molecule has 0 radical (unpaired) electrons. The largest absolute Gasteiger partial charge is 0.392 e. The molecule has 4 nitrogen and oxygen atoms in total. The summed E-state index contributed by atoms with van der Waals surface area (Å²) in [6.07, 6.45) is 0.542. The minimum Gasteiger partial charge on any atom is -0.392 e. The van der Waals surface area contributed by atoms with Crippen molar-refractivity contribution in [1.29, 1.82) is 0 Å². The highest BCUT2D eigenvalue weighted by atomic mass is 16.3. The van der Waals surface area contributed by atoms with E-state index in [9.17, 15) is 4.79 Å². The number of carbonyl (C=O) groups is 1. The highest BCUT2D eigenvalue weighted by Crippen LogP contribution is 2.26. The van der Waals surface area contributed by atoms with Crippen LogP contribution >= 0.6 is 0 Å². The summed E-state index contributed by atoms with van der Waals surface area (Å²) in [6, 6.07) is 6.24. The lowest BCUT2D eigenvalue weighted by Crippen LogP contribution is -2.29. The van der Waals surface area contributed by atoms with Gasteiger partial charge in [0.2, 0.25) is 0 Å². The van der Waals surface area contributed by atoms with Crippen molar-refractivity contribution in [3.8, 4) is 0 Å². The molecular formula is C14H20N2O2. The molecule has 18 heavy (non-hydrogen) atoms. The van der Waals surface area contributed by atoms with Gasteiger partial charge in [0.1, 0.15) is 0 Å². The molecule has 1 aliphatic rings. The Labute approximate surface area is 107 Å². The minimum atomic E-state index is -0.428. The molecule has 0 bridgehead atoms. The Hall–Kier alpha value is -1.39. The fourth-order valence-corrected chi connectivity index (χ4v) is 2.22. The number of Topliss-reactive ketones (excluding diaryl/α,β-unsaturated/α-hetero) is 1. The first-order valence-corrected chi connectivity index (χ1v) is 6.37. The van der Waals surface area contributed by atoms with Crippen molar-refractivity contribution >= 4 is 11.5 Å². The van der Waals surface area contributed by atoms with Crippen molar-refractivity contribution in [2.24, 2.45) is 0 Å². The topological polar surface area (TPSA) is 61.4 Å². The van der Waals surface area contributed by atoms with Gasteiger partial charge in [-0.1, -0.05) is 0 Å². The first kappa shape index (κ1) is 13.1. The second kappa shape index (κ2) is 5.50. The van der Waals surface area contributed by atoms with Crippen molar-refractivity contribution in [3.63, 3.8) is 0 Å². The smallest absolute Gasteiger partial charge is 0.176 e. The number of aliphatic hydroxyl groups is 1. The SMILES string of the molecule is CC(O)CNCC(=O)c1ccc2c(c1)CC(C)N2. The summed E-state index contributed by atoms with van der Waals surface area (Å²) in [6.45, 7) is 4.54. The van der Waals surface area contributed by atoms with Crippen molar-refractivity contribution in [3.05, 3.63) is 29.3 Å². The zero-order valence-corrected chi connectivity index (χ0v) is 10.9. The van der Waals surface area contributed by atoms with E-state index in [1.807, 2.05) is 18.2 Å². The molecule has 1 aliphatic heterocycles. The summed E-state index contributed by atoms with van der Waals surface area (Å²) >= 11 is 0. The van der Waals surface area contributed by atoms with Crippen LogP contribution in [-0.2, 0) is 6.42 Å². The lowest BCUT2D eigenvalue weighted by molar-refractivity contribution is 0.0985. The lowest BCUT2D eigenvalue weighted by atomic mass is 10.0. The van der Waals surface area contributed by atoms with Crippen LogP contribution in [0.2, 0.25) is 0 Å². The highest BCUT2D eigenvalue weighted by molar-refractivity contribution is 5.98. The number of nitrogens with one attached hydrogen (secondary N) is 2. The van der Waals surface area contributed by atoms with E-state index in [0.29, 0.717) is 12.6 Å². The molecule has 0 saturated carbocycles. The van der Waals surface area contributed by atoms with Crippen LogP contribution in [0.3, 0.4) is 0 Å². The quantitative estimate of drug-likeness (QED) is 0.685. The van der Waals surface area contributed by atoms with Crippen LogP contribution in [-0.4, -0.2) is 36.1 Å². The van der Waals surface area contributed by atoms with Gasteiger partial charge in [0.15, 0.2) is 5.78 Å². The van der Waals surface area contributed by atoms with E-state index in [2.05, 4.69) is 17.6 Å². The predicted octanol–water partition coefficient (Wildman–Crippen LogP) is 1.20. The summed E-state index contributed by atoms with van der Waals surface area (Å²) in [5, 5.41) is 15.4. The average molecular weight is 248 g/mol. The number of carbonyl (C=O) groups excluding carboxylic acids is 1. The fraction of sp³-hybridized carbons (Fsp3) is 0.500. The van der Waals surface area contributed by atoms with Crippen molar-refractivity contribution in [1.82, 2.24) is 5.32 Å². The number of ketones is 1. The van der Waals surface area contributed by atoms with Gasteiger partial charge >= 0.3 is 0 Å². The number of benzene rings is 1. The number of hydrogen-bond acceptors (Lipinski definition) is 4. The summed E-state index contributed by atoms with van der Waals surface area (Å²) < 4.78 is 0. The van der Waals surface area contributed by atoms with Crippen LogP contribution in [0.25, 0.3) is 0 Å². The Morgan fingerprint density at radius 1 is 1.61 bits per heavy atom. The van der Waals surface area contributed by atoms with E-state index in [-0.39, 0.29) is 12.3 Å². The molecule has 2 atom stereocenters. The number of hydrogen-bond donors (Lipinski definition) is 3. The normalized spacial score (nSPS) is 19.2. The molecule has 1 heterocycles. The van der Waals surface area contributed by atoms with Crippen LogP contribution < -0.4 is 10.6 Å². The maximum Gasteiger partial charge on any atom is 0.176 e. The van der Waals surface area contributed by atoms with Crippen LogP contribution in [0.1, 0.15) is 29.8 Å². The van der Waals surface area contributed by atoms with Crippen LogP contribution in [0.5, 0.6) is 0 Å². The molecule has 0 spiro atoms. The second-order valence-corrected chi connectivity index (χ2v) is 5.02. The second-order valence-electron chi connectivity index (χ2n) is 5.02. The first-order chi connectivity index (χ1) is 8.56. The van der Waals surface area contributed by atoms with E-state index in [0.717, 1.165) is 17.7 Å². The van der Waals surface area contributed by atoms with E-state index >= 15 is 0 Å². The summed E-state index contributed by atoms with van der Waals surface area (Å²) in [5.74, 6) is 0.0676. The molecule has 3 N–H and O–H groups in total. The molecule has 0 aliphatic carbocycles. The van der Waals surface area contributed by atoms with E-state index in [1.54, 1.807) is 6.92 Å². The van der Waals surface area contributed by atoms with Gasteiger partial charge in [-0.25, -0.2) is 0 Å². The van der Waals surface area contributed by atoms with Crippen molar-refractivity contribution in [2.75, 3.05) is 18.4 Å². The molecule has 1 aromatic rings. The summed E-state index contributed by atoms with van der Waals surface area (Å²) in [4.78, 5) is 11.9. The molecule has 4 heteroatoms. The summed E-state index contributed by atoms with van der Waals surface area (Å²) in [5.41, 5.74) is 3.09. The molecule has 0 fully saturated rings. The van der Waals surface area contributed by atoms with Gasteiger partial charge in [0, 0.05) is 23.8 Å². The van der Waals surface area contributed by atoms with Crippen LogP contribution in [0, 0.1) is 0 Å². The molecule has 2 unspecified atom stereocenters. The van der Waals surface area contributed by atoms with Gasteiger partial charge in [-0.3, -0.25) is 4.79 Å². The molecule has 2 rings (SSSR count). The van der Waals surface area contributed by atoms with E-state index in [4.69, 9.17) is 5.11 Å². The number of rotatable bonds is 5. The third-order valence-corrected chi connectivity index (χ3v) is 3.08. The highest BCUT2D eigenvalue weighted by Gasteiger charge is 2.18. The van der Waals surface area contributed by atoms with Crippen LogP contribution in [0.4, 0.5) is 5.69 Å². The third-order valence-electron chi connectivity index (χ3n) is 3.08. The third kappa shape index (κ3) is 3.09. The zero-order valence-electron chi connectivity index (χ0n) is 10.9. The maximum absolute atomic E-state index is 11.9. The Balaban J connectivity index is 1.97.